The first-order valence-corrected chi connectivity index (χ1v) is 7.37. The van der Waals surface area contributed by atoms with Crippen LogP contribution >= 0.6 is 0 Å². The van der Waals surface area contributed by atoms with Gasteiger partial charge in [-0.25, -0.2) is 0 Å². The van der Waals surface area contributed by atoms with Crippen molar-refractivity contribution in [1.29, 1.82) is 0 Å². The molecule has 2 saturated heterocycles. The number of ether oxygens (including phenoxy) is 2. The Bertz CT molecular complexity index is 432. The number of hydrogen-bond donors (Lipinski definition) is 0. The van der Waals surface area contributed by atoms with Crippen LogP contribution in [0, 0.1) is 9.81 Å². The molecule has 1 aliphatic carbocycles. The molecule has 0 unspecified atom stereocenters. The molecular formula is C14H24N2O4+2. The Labute approximate surface area is 119 Å². The summed E-state index contributed by atoms with van der Waals surface area (Å²) in [6.45, 7) is 8.47. The van der Waals surface area contributed by atoms with Gasteiger partial charge in [-0.05, 0) is 0 Å². The van der Waals surface area contributed by atoms with Crippen LogP contribution in [0.4, 0.5) is 0 Å². The summed E-state index contributed by atoms with van der Waals surface area (Å²) in [6.07, 6.45) is 2.20. The van der Waals surface area contributed by atoms with E-state index in [4.69, 9.17) is 9.47 Å². The lowest BCUT2D eigenvalue weighted by molar-refractivity contribution is -0.718. The number of rotatable bonds is 0. The normalized spacial score (nSPS) is 42.8. The van der Waals surface area contributed by atoms with Gasteiger partial charge < -0.3 is 9.47 Å². The van der Waals surface area contributed by atoms with Crippen molar-refractivity contribution in [3.8, 4) is 0 Å². The van der Waals surface area contributed by atoms with Crippen molar-refractivity contribution in [2.45, 2.75) is 75.9 Å². The van der Waals surface area contributed by atoms with Crippen LogP contribution in [0.3, 0.4) is 0 Å². The molecule has 6 nitrogen and oxygen atoms in total. The molecule has 3 aliphatic rings. The van der Waals surface area contributed by atoms with Gasteiger partial charge in [0.15, 0.2) is 0 Å². The maximum Gasteiger partial charge on any atom is 0.316 e. The van der Waals surface area contributed by atoms with Crippen LogP contribution in [0.5, 0.6) is 0 Å². The van der Waals surface area contributed by atoms with Crippen molar-refractivity contribution >= 4 is 0 Å². The molecule has 0 amide bonds. The van der Waals surface area contributed by atoms with Crippen LogP contribution in [0.25, 0.3) is 0 Å². The van der Waals surface area contributed by atoms with E-state index in [0.29, 0.717) is 38.9 Å². The monoisotopic (exact) mass is 284 g/mol. The molecule has 1 saturated carbocycles. The minimum Gasteiger partial charge on any atom is -0.308 e. The molecular weight excluding hydrogens is 260 g/mol. The Balaban J connectivity index is 1.79. The first-order valence-electron chi connectivity index (χ1n) is 7.37. The van der Waals surface area contributed by atoms with E-state index in [1.807, 2.05) is 27.7 Å². The fraction of sp³-hybridized carbons (Fsp3) is 1.00. The predicted molar refractivity (Wildman–Crippen MR) is 71.2 cm³/mol. The van der Waals surface area contributed by atoms with Crippen molar-refractivity contribution in [1.82, 2.24) is 0 Å². The second kappa shape index (κ2) is 3.85. The van der Waals surface area contributed by atoms with Gasteiger partial charge in [0, 0.05) is 47.0 Å². The maximum absolute atomic E-state index is 12.5. The third-order valence-electron chi connectivity index (χ3n) is 5.04. The summed E-state index contributed by atoms with van der Waals surface area (Å²) in [5.74, 6) is 0. The van der Waals surface area contributed by atoms with E-state index < -0.39 is 22.5 Å². The first-order chi connectivity index (χ1) is 9.14. The average molecular weight is 284 g/mol. The molecule has 112 valence electrons. The maximum atomic E-state index is 12.5. The summed E-state index contributed by atoms with van der Waals surface area (Å²) in [5.41, 5.74) is -2.49. The molecule has 3 rings (SSSR count). The van der Waals surface area contributed by atoms with Crippen molar-refractivity contribution in [2.24, 2.45) is 0 Å². The van der Waals surface area contributed by atoms with Crippen LogP contribution in [0.1, 0.15) is 53.4 Å². The summed E-state index contributed by atoms with van der Waals surface area (Å²) >= 11 is 0. The lowest BCUT2D eigenvalue weighted by Crippen LogP contribution is -2.53. The van der Waals surface area contributed by atoms with E-state index in [-0.39, 0.29) is 0 Å². The highest BCUT2D eigenvalue weighted by molar-refractivity contribution is 4.92. The third kappa shape index (κ3) is 1.70. The molecule has 2 aliphatic heterocycles. The molecule has 0 bridgehead atoms. The van der Waals surface area contributed by atoms with Crippen LogP contribution in [-0.2, 0) is 9.47 Å². The van der Waals surface area contributed by atoms with E-state index in [2.05, 4.69) is 0 Å². The zero-order chi connectivity index (χ0) is 14.8. The molecule has 20 heavy (non-hydrogen) atoms. The summed E-state index contributed by atoms with van der Waals surface area (Å²) in [7, 11) is 0. The van der Waals surface area contributed by atoms with Crippen LogP contribution in [0.2, 0.25) is 0 Å². The van der Waals surface area contributed by atoms with E-state index in [9.17, 15) is 9.81 Å². The molecule has 2 heterocycles. The molecule has 0 atom stereocenters. The van der Waals surface area contributed by atoms with E-state index in [1.54, 1.807) is 0 Å². The summed E-state index contributed by atoms with van der Waals surface area (Å²) in [5, 5.41) is 0. The Morgan fingerprint density at radius 1 is 0.700 bits per heavy atom. The summed E-state index contributed by atoms with van der Waals surface area (Å²) in [4.78, 5) is 25.0. The number of hydrogen-bond acceptors (Lipinski definition) is 4. The van der Waals surface area contributed by atoms with Gasteiger partial charge in [-0.3, -0.25) is 0 Å². The van der Waals surface area contributed by atoms with Crippen LogP contribution in [-0.4, -0.2) is 45.3 Å². The molecule has 0 aromatic heterocycles. The fourth-order valence-corrected chi connectivity index (χ4v) is 3.69. The average Bonchev–Trinajstić information content (AvgIpc) is 2.75. The lowest BCUT2D eigenvalue weighted by Gasteiger charge is -2.31. The molecule has 3 fully saturated rings. The SMILES string of the molecule is CC1(C)COC2(CCC3(CC2)OCC(C)(C)[N+]3=O)[N+]1=O. The van der Waals surface area contributed by atoms with Crippen molar-refractivity contribution in [3.63, 3.8) is 0 Å². The third-order valence-corrected chi connectivity index (χ3v) is 5.04. The van der Waals surface area contributed by atoms with E-state index in [1.165, 1.54) is 0 Å². The van der Waals surface area contributed by atoms with Gasteiger partial charge in [0.2, 0.25) is 11.1 Å². The molecule has 6 heteroatoms. The Morgan fingerprint density at radius 2 is 1.00 bits per heavy atom. The second-order valence-corrected chi connectivity index (χ2v) is 7.68. The molecule has 0 radical (unpaired) electrons. The van der Waals surface area contributed by atoms with Gasteiger partial charge in [0.05, 0.1) is 25.7 Å². The largest absolute Gasteiger partial charge is 0.316 e. The topological polar surface area (TPSA) is 58.6 Å². The zero-order valence-electron chi connectivity index (χ0n) is 12.8. The number of nitrogens with zero attached hydrogens (tertiary/aromatic N) is 2. The Kier molecular flexibility index (Phi) is 2.71. The first kappa shape index (κ1) is 14.1. The zero-order valence-corrected chi connectivity index (χ0v) is 12.8. The van der Waals surface area contributed by atoms with Gasteiger partial charge in [-0.2, -0.15) is 0 Å². The van der Waals surface area contributed by atoms with E-state index in [0.717, 1.165) is 9.52 Å². The molecule has 0 N–H and O–H groups in total. The minimum absolute atomic E-state index is 0.441. The van der Waals surface area contributed by atoms with Gasteiger partial charge >= 0.3 is 11.4 Å². The van der Waals surface area contributed by atoms with Crippen molar-refractivity contribution < 1.29 is 19.0 Å². The summed E-state index contributed by atoms with van der Waals surface area (Å²) < 4.78 is 13.9. The Hall–Kier alpha value is -0.880. The highest BCUT2D eigenvalue weighted by Crippen LogP contribution is 2.48. The highest BCUT2D eigenvalue weighted by atomic mass is 16.6. The quantitative estimate of drug-likeness (QED) is 0.639. The van der Waals surface area contributed by atoms with E-state index >= 15 is 0 Å². The lowest BCUT2D eigenvalue weighted by atomic mass is 9.84. The van der Waals surface area contributed by atoms with Crippen molar-refractivity contribution in [2.75, 3.05) is 13.2 Å². The van der Waals surface area contributed by atoms with Crippen LogP contribution < -0.4 is 0 Å². The smallest absolute Gasteiger partial charge is 0.308 e. The van der Waals surface area contributed by atoms with Gasteiger partial charge in [-0.15, -0.1) is 0 Å². The predicted octanol–water partition coefficient (Wildman–Crippen LogP) is 2.13. The van der Waals surface area contributed by atoms with Crippen LogP contribution in [0.15, 0.2) is 0 Å². The van der Waals surface area contributed by atoms with Gasteiger partial charge in [0.25, 0.3) is 0 Å². The highest BCUT2D eigenvalue weighted by Gasteiger charge is 2.70. The fourth-order valence-electron chi connectivity index (χ4n) is 3.69. The molecule has 0 aromatic carbocycles. The van der Waals surface area contributed by atoms with Gasteiger partial charge in [0.1, 0.15) is 13.2 Å². The molecule has 0 aromatic rings. The minimum atomic E-state index is -0.758. The standard InChI is InChI=1S/C14H24N2O4/c1-11(2)9-19-13(15(11)17)5-7-14(8-6-13)16(18)12(3,4)10-20-14/h5-10H2,1-4H3/q+2. The second-order valence-electron chi connectivity index (χ2n) is 7.68. The summed E-state index contributed by atoms with van der Waals surface area (Å²) in [6, 6.07) is 0. The number of nitroso groups, excluding NO2 is 2. The Morgan fingerprint density at radius 3 is 1.20 bits per heavy atom. The van der Waals surface area contributed by atoms with Crippen molar-refractivity contribution in [3.05, 3.63) is 9.81 Å². The molecule has 2 spiro atoms. The van der Waals surface area contributed by atoms with Gasteiger partial charge in [-0.1, -0.05) is 0 Å².